The number of hydrogen-bond acceptors (Lipinski definition) is 4. The van der Waals surface area contributed by atoms with Crippen LogP contribution in [-0.4, -0.2) is 73.2 Å². The summed E-state index contributed by atoms with van der Waals surface area (Å²) >= 11 is 0. The van der Waals surface area contributed by atoms with Crippen LogP contribution in [0.15, 0.2) is 24.3 Å². The summed E-state index contributed by atoms with van der Waals surface area (Å²) < 4.78 is 5.63. The fourth-order valence-corrected chi connectivity index (χ4v) is 3.66. The molecule has 3 rings (SSSR count). The number of carbonyl (C=O) groups is 1. The molecule has 1 amide bonds. The molecule has 0 spiro atoms. The molecule has 1 aromatic carbocycles. The van der Waals surface area contributed by atoms with Gasteiger partial charge in [-0.3, -0.25) is 9.69 Å². The van der Waals surface area contributed by atoms with Crippen LogP contribution >= 0.6 is 0 Å². The van der Waals surface area contributed by atoms with Crippen molar-refractivity contribution in [1.29, 1.82) is 0 Å². The number of morpholine rings is 1. The van der Waals surface area contributed by atoms with E-state index >= 15 is 0 Å². The molecule has 138 valence electrons. The maximum atomic E-state index is 12.8. The van der Waals surface area contributed by atoms with Crippen molar-refractivity contribution in [3.05, 3.63) is 29.8 Å². The van der Waals surface area contributed by atoms with E-state index in [2.05, 4.69) is 35.8 Å². The number of hydrogen-bond donors (Lipinski definition) is 0. The maximum absolute atomic E-state index is 12.8. The lowest BCUT2D eigenvalue weighted by atomic mass is 10.1. The summed E-state index contributed by atoms with van der Waals surface area (Å²) in [4.78, 5) is 19.7. The van der Waals surface area contributed by atoms with E-state index in [-0.39, 0.29) is 18.1 Å². The van der Waals surface area contributed by atoms with E-state index < -0.39 is 0 Å². The van der Waals surface area contributed by atoms with Gasteiger partial charge in [0.05, 0.1) is 18.8 Å². The third kappa shape index (κ3) is 4.15. The van der Waals surface area contributed by atoms with Gasteiger partial charge in [0.15, 0.2) is 0 Å². The van der Waals surface area contributed by atoms with Crippen LogP contribution in [0, 0.1) is 0 Å². The smallest absolute Gasteiger partial charge is 0.254 e. The Morgan fingerprint density at radius 2 is 1.72 bits per heavy atom. The average Bonchev–Trinajstić information content (AvgIpc) is 2.63. The van der Waals surface area contributed by atoms with Gasteiger partial charge in [0.25, 0.3) is 5.91 Å². The molecule has 2 saturated heterocycles. The molecule has 0 unspecified atom stereocenters. The van der Waals surface area contributed by atoms with E-state index in [4.69, 9.17) is 4.74 Å². The first-order valence-corrected chi connectivity index (χ1v) is 9.47. The van der Waals surface area contributed by atoms with Gasteiger partial charge >= 0.3 is 0 Å². The summed E-state index contributed by atoms with van der Waals surface area (Å²) in [5.41, 5.74) is 1.98. The van der Waals surface area contributed by atoms with Crippen molar-refractivity contribution >= 4 is 11.6 Å². The van der Waals surface area contributed by atoms with Crippen molar-refractivity contribution in [2.45, 2.75) is 45.9 Å². The van der Waals surface area contributed by atoms with Crippen LogP contribution in [0.5, 0.6) is 0 Å². The molecule has 2 atom stereocenters. The third-order valence-electron chi connectivity index (χ3n) is 5.39. The molecule has 2 heterocycles. The minimum absolute atomic E-state index is 0.108. The zero-order valence-corrected chi connectivity index (χ0v) is 15.9. The highest BCUT2D eigenvalue weighted by Gasteiger charge is 2.28. The zero-order valence-electron chi connectivity index (χ0n) is 15.9. The highest BCUT2D eigenvalue weighted by atomic mass is 16.5. The van der Waals surface area contributed by atoms with Gasteiger partial charge < -0.3 is 14.5 Å². The van der Waals surface area contributed by atoms with Gasteiger partial charge in [-0.25, -0.2) is 0 Å². The molecule has 0 saturated carbocycles. The van der Waals surface area contributed by atoms with E-state index in [0.29, 0.717) is 19.2 Å². The maximum Gasteiger partial charge on any atom is 0.254 e. The first-order valence-electron chi connectivity index (χ1n) is 9.47. The SMILES string of the molecule is CC(C)N1CCN(c2ccc(C(=O)N3C[C@H](C)OC[C@H]3C)cc2)CC1. The Balaban J connectivity index is 1.63. The van der Waals surface area contributed by atoms with Crippen molar-refractivity contribution in [2.75, 3.05) is 44.2 Å². The van der Waals surface area contributed by atoms with Crippen LogP contribution in [0.3, 0.4) is 0 Å². The van der Waals surface area contributed by atoms with Crippen molar-refractivity contribution < 1.29 is 9.53 Å². The molecular weight excluding hydrogens is 314 g/mol. The minimum Gasteiger partial charge on any atom is -0.375 e. The highest BCUT2D eigenvalue weighted by Crippen LogP contribution is 2.20. The Kier molecular flexibility index (Phi) is 5.64. The summed E-state index contributed by atoms with van der Waals surface area (Å²) in [7, 11) is 0. The van der Waals surface area contributed by atoms with Gasteiger partial charge in [-0.05, 0) is 52.0 Å². The van der Waals surface area contributed by atoms with Gasteiger partial charge in [0.1, 0.15) is 0 Å². The number of benzene rings is 1. The second kappa shape index (κ2) is 7.75. The van der Waals surface area contributed by atoms with Gasteiger partial charge in [-0.15, -0.1) is 0 Å². The second-order valence-electron chi connectivity index (χ2n) is 7.61. The third-order valence-corrected chi connectivity index (χ3v) is 5.39. The lowest BCUT2D eigenvalue weighted by Gasteiger charge is -2.38. The van der Waals surface area contributed by atoms with Gasteiger partial charge in [0.2, 0.25) is 0 Å². The summed E-state index contributed by atoms with van der Waals surface area (Å²) in [6.07, 6.45) is 0.108. The Morgan fingerprint density at radius 3 is 2.32 bits per heavy atom. The van der Waals surface area contributed by atoms with Gasteiger partial charge in [0, 0.05) is 50.0 Å². The summed E-state index contributed by atoms with van der Waals surface area (Å²) in [6.45, 7) is 14.1. The number of ether oxygens (including phenoxy) is 1. The molecule has 0 aliphatic carbocycles. The van der Waals surface area contributed by atoms with Crippen molar-refractivity contribution in [3.8, 4) is 0 Å². The van der Waals surface area contributed by atoms with E-state index in [1.807, 2.05) is 30.9 Å². The molecule has 0 bridgehead atoms. The van der Waals surface area contributed by atoms with E-state index in [1.165, 1.54) is 5.69 Å². The fourth-order valence-electron chi connectivity index (χ4n) is 3.66. The van der Waals surface area contributed by atoms with E-state index in [1.54, 1.807) is 0 Å². The van der Waals surface area contributed by atoms with Crippen LogP contribution in [0.4, 0.5) is 5.69 Å². The van der Waals surface area contributed by atoms with Crippen LogP contribution in [0.1, 0.15) is 38.1 Å². The average molecular weight is 345 g/mol. The Labute approximate surface area is 151 Å². The molecule has 0 radical (unpaired) electrons. The number of anilines is 1. The van der Waals surface area contributed by atoms with Gasteiger partial charge in [-0.2, -0.15) is 0 Å². The lowest BCUT2D eigenvalue weighted by molar-refractivity contribution is -0.0387. The van der Waals surface area contributed by atoms with Gasteiger partial charge in [-0.1, -0.05) is 0 Å². The fraction of sp³-hybridized carbons (Fsp3) is 0.650. The van der Waals surface area contributed by atoms with Crippen LogP contribution in [0.2, 0.25) is 0 Å². The number of amides is 1. The predicted octanol–water partition coefficient (Wildman–Crippen LogP) is 2.47. The highest BCUT2D eigenvalue weighted by molar-refractivity contribution is 5.94. The minimum atomic E-state index is 0.108. The topological polar surface area (TPSA) is 36.0 Å². The standard InChI is InChI=1S/C20H31N3O2/c1-15(2)21-9-11-22(12-10-21)19-7-5-18(6-8-19)20(24)23-13-17(4)25-14-16(23)3/h5-8,15-17H,9-14H2,1-4H3/t16-,17+/m1/s1. The lowest BCUT2D eigenvalue weighted by Crippen LogP contribution is -2.50. The molecule has 0 N–H and O–H groups in total. The second-order valence-corrected chi connectivity index (χ2v) is 7.61. The van der Waals surface area contributed by atoms with Crippen LogP contribution in [0.25, 0.3) is 0 Å². The van der Waals surface area contributed by atoms with E-state index in [0.717, 1.165) is 31.7 Å². The zero-order chi connectivity index (χ0) is 18.0. The van der Waals surface area contributed by atoms with E-state index in [9.17, 15) is 4.79 Å². The molecule has 25 heavy (non-hydrogen) atoms. The normalized spacial score (nSPS) is 25.5. The van der Waals surface area contributed by atoms with Crippen LogP contribution < -0.4 is 4.90 Å². The number of nitrogens with zero attached hydrogens (tertiary/aromatic N) is 3. The first kappa shape index (κ1) is 18.2. The number of rotatable bonds is 3. The largest absolute Gasteiger partial charge is 0.375 e. The number of carbonyl (C=O) groups excluding carboxylic acids is 1. The molecule has 5 heteroatoms. The Hall–Kier alpha value is -1.59. The molecule has 0 aromatic heterocycles. The molecule has 5 nitrogen and oxygen atoms in total. The van der Waals surface area contributed by atoms with Crippen LogP contribution in [-0.2, 0) is 4.74 Å². The van der Waals surface area contributed by atoms with Crippen molar-refractivity contribution in [1.82, 2.24) is 9.80 Å². The summed E-state index contributed by atoms with van der Waals surface area (Å²) in [6, 6.07) is 8.87. The summed E-state index contributed by atoms with van der Waals surface area (Å²) in [5, 5.41) is 0. The Bertz CT molecular complexity index is 579. The predicted molar refractivity (Wildman–Crippen MR) is 101 cm³/mol. The Morgan fingerprint density at radius 1 is 1.08 bits per heavy atom. The molecular formula is C20H31N3O2. The first-order chi connectivity index (χ1) is 12.0. The van der Waals surface area contributed by atoms with Crippen molar-refractivity contribution in [2.24, 2.45) is 0 Å². The molecule has 2 aliphatic rings. The molecule has 1 aromatic rings. The quantitative estimate of drug-likeness (QED) is 0.843. The summed E-state index contributed by atoms with van der Waals surface area (Å²) in [5.74, 6) is 0.110. The monoisotopic (exact) mass is 345 g/mol. The number of piperazine rings is 1. The molecule has 2 fully saturated rings. The van der Waals surface area contributed by atoms with Crippen molar-refractivity contribution in [3.63, 3.8) is 0 Å². The molecule has 2 aliphatic heterocycles.